The van der Waals surface area contributed by atoms with Gasteiger partial charge in [0, 0.05) is 24.7 Å². The molecule has 16 heavy (non-hydrogen) atoms. The van der Waals surface area contributed by atoms with Crippen molar-refractivity contribution in [1.29, 1.82) is 0 Å². The Morgan fingerprint density at radius 1 is 1.31 bits per heavy atom. The summed E-state index contributed by atoms with van der Waals surface area (Å²) in [5, 5.41) is 1.31. The second-order valence-corrected chi connectivity index (χ2v) is 5.10. The van der Waals surface area contributed by atoms with Crippen molar-refractivity contribution in [2.75, 3.05) is 18.5 Å². The van der Waals surface area contributed by atoms with Crippen molar-refractivity contribution < 1.29 is 0 Å². The Bertz CT molecular complexity index is 353. The van der Waals surface area contributed by atoms with E-state index in [1.807, 2.05) is 19.2 Å². The molecule has 1 atom stereocenters. The van der Waals surface area contributed by atoms with Gasteiger partial charge < -0.3 is 10.6 Å². The van der Waals surface area contributed by atoms with E-state index < -0.39 is 0 Å². The molecule has 1 aromatic rings. The van der Waals surface area contributed by atoms with Gasteiger partial charge in [0.2, 0.25) is 0 Å². The number of benzene rings is 1. The summed E-state index contributed by atoms with van der Waals surface area (Å²) in [6.45, 7) is 4.91. The van der Waals surface area contributed by atoms with Crippen molar-refractivity contribution in [3.63, 3.8) is 0 Å². The van der Waals surface area contributed by atoms with Crippen molar-refractivity contribution in [3.8, 4) is 0 Å². The highest BCUT2D eigenvalue weighted by Crippen LogP contribution is 2.30. The Hall–Kier alpha value is -0.440. The summed E-state index contributed by atoms with van der Waals surface area (Å²) < 4.78 is 0. The maximum absolute atomic E-state index is 6.16. The van der Waals surface area contributed by atoms with Crippen molar-refractivity contribution in [1.82, 2.24) is 0 Å². The summed E-state index contributed by atoms with van der Waals surface area (Å²) in [6, 6.07) is 5.80. The monoisotopic (exact) mass is 260 g/mol. The van der Waals surface area contributed by atoms with Crippen LogP contribution >= 0.6 is 23.2 Å². The van der Waals surface area contributed by atoms with E-state index in [9.17, 15) is 0 Å². The van der Waals surface area contributed by atoms with Crippen LogP contribution < -0.4 is 10.6 Å². The summed E-state index contributed by atoms with van der Waals surface area (Å²) >= 11 is 12.0. The molecular formula is C12H18Cl2N2. The fraction of sp³-hybridized carbons (Fsp3) is 0.500. The molecule has 0 amide bonds. The molecule has 0 aromatic heterocycles. The lowest BCUT2D eigenvalue weighted by Crippen LogP contribution is -2.41. The predicted molar refractivity (Wildman–Crippen MR) is 72.5 cm³/mol. The van der Waals surface area contributed by atoms with Gasteiger partial charge in [-0.25, -0.2) is 0 Å². The van der Waals surface area contributed by atoms with Gasteiger partial charge in [-0.05, 0) is 24.1 Å². The van der Waals surface area contributed by atoms with E-state index in [0.29, 0.717) is 22.5 Å². The van der Waals surface area contributed by atoms with Crippen LogP contribution in [0.2, 0.25) is 10.0 Å². The third kappa shape index (κ3) is 3.03. The van der Waals surface area contributed by atoms with Gasteiger partial charge in [0.15, 0.2) is 0 Å². The molecule has 0 spiro atoms. The average Bonchev–Trinajstić information content (AvgIpc) is 2.17. The number of hydrogen-bond donors (Lipinski definition) is 1. The van der Waals surface area contributed by atoms with Crippen LogP contribution in [0.25, 0.3) is 0 Å². The molecule has 2 N–H and O–H groups in total. The van der Waals surface area contributed by atoms with Crippen molar-refractivity contribution in [2.24, 2.45) is 11.7 Å². The lowest BCUT2D eigenvalue weighted by atomic mass is 10.0. The van der Waals surface area contributed by atoms with Gasteiger partial charge in [0.25, 0.3) is 0 Å². The SMILES string of the molecule is CC(C)C(CN)N(C)c1ccc(Cl)cc1Cl. The Morgan fingerprint density at radius 3 is 2.38 bits per heavy atom. The molecule has 0 aliphatic heterocycles. The lowest BCUT2D eigenvalue weighted by Gasteiger charge is -2.32. The largest absolute Gasteiger partial charge is 0.369 e. The van der Waals surface area contributed by atoms with Crippen LogP contribution in [-0.4, -0.2) is 19.6 Å². The Kier molecular flexibility index (Phi) is 4.90. The van der Waals surface area contributed by atoms with Crippen molar-refractivity contribution >= 4 is 28.9 Å². The van der Waals surface area contributed by atoms with Gasteiger partial charge in [0.1, 0.15) is 0 Å². The van der Waals surface area contributed by atoms with E-state index in [1.165, 1.54) is 0 Å². The molecule has 90 valence electrons. The first kappa shape index (κ1) is 13.6. The summed E-state index contributed by atoms with van der Waals surface area (Å²) in [5.74, 6) is 0.474. The summed E-state index contributed by atoms with van der Waals surface area (Å²) in [7, 11) is 2.01. The normalized spacial score (nSPS) is 12.9. The molecule has 2 nitrogen and oxygen atoms in total. The molecule has 0 fully saturated rings. The molecule has 1 unspecified atom stereocenters. The fourth-order valence-electron chi connectivity index (χ4n) is 1.82. The van der Waals surface area contributed by atoms with Gasteiger partial charge in [-0.1, -0.05) is 37.0 Å². The second-order valence-electron chi connectivity index (χ2n) is 4.25. The number of nitrogens with zero attached hydrogens (tertiary/aromatic N) is 1. The summed E-state index contributed by atoms with van der Waals surface area (Å²) in [5.41, 5.74) is 6.75. The van der Waals surface area contributed by atoms with E-state index >= 15 is 0 Å². The van der Waals surface area contributed by atoms with Crippen LogP contribution in [-0.2, 0) is 0 Å². The average molecular weight is 261 g/mol. The van der Waals surface area contributed by atoms with Crippen LogP contribution in [0.4, 0.5) is 5.69 Å². The molecule has 1 aromatic carbocycles. The standard InChI is InChI=1S/C12H18Cl2N2/c1-8(2)12(7-15)16(3)11-5-4-9(13)6-10(11)14/h4-6,8,12H,7,15H2,1-3H3. The number of rotatable bonds is 4. The van der Waals surface area contributed by atoms with Crippen LogP contribution in [0, 0.1) is 5.92 Å². The Labute approximate surface area is 107 Å². The highest BCUT2D eigenvalue weighted by Gasteiger charge is 2.19. The maximum Gasteiger partial charge on any atom is 0.0654 e. The Balaban J connectivity index is 2.99. The van der Waals surface area contributed by atoms with E-state index in [2.05, 4.69) is 18.7 Å². The molecular weight excluding hydrogens is 243 g/mol. The minimum Gasteiger partial charge on any atom is -0.369 e. The fourth-order valence-corrected chi connectivity index (χ4v) is 2.37. The number of hydrogen-bond acceptors (Lipinski definition) is 2. The Morgan fingerprint density at radius 2 is 1.94 bits per heavy atom. The van der Waals surface area contributed by atoms with Gasteiger partial charge in [-0.2, -0.15) is 0 Å². The summed E-state index contributed by atoms with van der Waals surface area (Å²) in [6.07, 6.45) is 0. The number of likely N-dealkylation sites (N-methyl/N-ethyl adjacent to an activating group) is 1. The number of halogens is 2. The van der Waals surface area contributed by atoms with E-state index in [4.69, 9.17) is 28.9 Å². The summed E-state index contributed by atoms with van der Waals surface area (Å²) in [4.78, 5) is 2.11. The van der Waals surface area contributed by atoms with Crippen LogP contribution in [0.15, 0.2) is 18.2 Å². The third-order valence-corrected chi connectivity index (χ3v) is 3.34. The third-order valence-electron chi connectivity index (χ3n) is 2.80. The first-order chi connectivity index (χ1) is 7.47. The molecule has 0 heterocycles. The topological polar surface area (TPSA) is 29.3 Å². The van der Waals surface area contributed by atoms with Crippen molar-refractivity contribution in [2.45, 2.75) is 19.9 Å². The number of nitrogens with two attached hydrogens (primary N) is 1. The van der Waals surface area contributed by atoms with E-state index in [0.717, 1.165) is 5.69 Å². The minimum atomic E-state index is 0.277. The van der Waals surface area contributed by atoms with Crippen LogP contribution in [0.5, 0.6) is 0 Å². The first-order valence-corrected chi connectivity index (χ1v) is 6.11. The molecule has 1 rings (SSSR count). The smallest absolute Gasteiger partial charge is 0.0654 e. The molecule has 0 radical (unpaired) electrons. The predicted octanol–water partition coefficient (Wildman–Crippen LogP) is 3.41. The molecule has 4 heteroatoms. The molecule has 0 aliphatic carbocycles. The van der Waals surface area contributed by atoms with Gasteiger partial charge in [0.05, 0.1) is 10.7 Å². The van der Waals surface area contributed by atoms with Crippen molar-refractivity contribution in [3.05, 3.63) is 28.2 Å². The quantitative estimate of drug-likeness (QED) is 0.899. The van der Waals surface area contributed by atoms with Gasteiger partial charge in [-0.15, -0.1) is 0 Å². The second kappa shape index (κ2) is 5.76. The van der Waals surface area contributed by atoms with Crippen LogP contribution in [0.3, 0.4) is 0 Å². The maximum atomic E-state index is 6.16. The minimum absolute atomic E-state index is 0.277. The zero-order chi connectivity index (χ0) is 12.3. The van der Waals surface area contributed by atoms with Gasteiger partial charge in [-0.3, -0.25) is 0 Å². The van der Waals surface area contributed by atoms with Gasteiger partial charge >= 0.3 is 0 Å². The first-order valence-electron chi connectivity index (χ1n) is 5.35. The molecule has 0 saturated heterocycles. The molecule has 0 aliphatic rings. The molecule has 0 bridgehead atoms. The zero-order valence-corrected chi connectivity index (χ0v) is 11.4. The number of anilines is 1. The van der Waals surface area contributed by atoms with E-state index in [-0.39, 0.29) is 6.04 Å². The highest BCUT2D eigenvalue weighted by molar-refractivity contribution is 6.36. The zero-order valence-electron chi connectivity index (χ0n) is 9.87. The van der Waals surface area contributed by atoms with E-state index in [1.54, 1.807) is 6.07 Å². The highest BCUT2D eigenvalue weighted by atomic mass is 35.5. The lowest BCUT2D eigenvalue weighted by molar-refractivity contribution is 0.480. The molecule has 0 saturated carbocycles. The van der Waals surface area contributed by atoms with Crippen LogP contribution in [0.1, 0.15) is 13.8 Å².